The van der Waals surface area contributed by atoms with Gasteiger partial charge in [-0.1, -0.05) is 31.5 Å². The molecule has 0 saturated carbocycles. The zero-order valence-electron chi connectivity index (χ0n) is 8.14. The smallest absolute Gasteiger partial charge is 0.129 e. The predicted octanol–water partition coefficient (Wildman–Crippen LogP) is 2.96. The predicted molar refractivity (Wildman–Crippen MR) is 62.5 cm³/mol. The molecule has 0 N–H and O–H groups in total. The number of hydrogen-bond acceptors (Lipinski definition) is 1. The molecular weight excluding hydrogens is 192 g/mol. The number of thiophene rings is 1. The summed E-state index contributed by atoms with van der Waals surface area (Å²) in [5.41, 5.74) is 5.23. The van der Waals surface area contributed by atoms with E-state index in [-0.39, 0.29) is 0 Å². The third kappa shape index (κ3) is 3.11. The maximum atomic E-state index is 5.33. The molecule has 0 nitrogen and oxygen atoms in total. The minimum absolute atomic E-state index is 0.927. The van der Waals surface area contributed by atoms with Crippen molar-refractivity contribution in [1.82, 2.24) is 0 Å². The summed E-state index contributed by atoms with van der Waals surface area (Å²) < 4.78 is 0. The molecule has 13 heavy (non-hydrogen) atoms. The second kappa shape index (κ2) is 3.83. The summed E-state index contributed by atoms with van der Waals surface area (Å²) >= 11 is 1.61. The summed E-state index contributed by atoms with van der Waals surface area (Å²) in [6.07, 6.45) is 5.33. The van der Waals surface area contributed by atoms with Crippen molar-refractivity contribution < 1.29 is 0 Å². The van der Waals surface area contributed by atoms with Crippen LogP contribution in [0.25, 0.3) is 0 Å². The van der Waals surface area contributed by atoms with E-state index in [0.717, 1.165) is 11.1 Å². The molecule has 0 atom stereocenters. The van der Waals surface area contributed by atoms with Crippen LogP contribution in [-0.2, 0) is 0 Å². The molecule has 0 unspecified atom stereocenters. The molecule has 0 spiro atoms. The molecule has 66 valence electrons. The number of rotatable bonds is 0. The molecule has 0 radical (unpaired) electrons. The summed E-state index contributed by atoms with van der Waals surface area (Å²) in [5.74, 6) is 5.80. The van der Waals surface area contributed by atoms with Crippen LogP contribution in [0.1, 0.15) is 11.1 Å². The zero-order valence-corrected chi connectivity index (χ0v) is 9.96. The van der Waals surface area contributed by atoms with Crippen LogP contribution >= 0.6 is 11.3 Å². The van der Waals surface area contributed by atoms with E-state index < -0.39 is 8.07 Å². The molecule has 1 rings (SSSR count). The summed E-state index contributed by atoms with van der Waals surface area (Å²) in [4.78, 5) is 0. The van der Waals surface area contributed by atoms with Gasteiger partial charge in [-0.2, -0.15) is 0 Å². The number of terminal acetylenes is 1. The normalized spacial score (nSPS) is 10.0. The molecule has 1 aromatic heterocycles. The highest BCUT2D eigenvalue weighted by molar-refractivity contribution is 7.08. The topological polar surface area (TPSA) is 0 Å². The minimum Gasteiger partial charge on any atom is -0.150 e. The molecule has 0 aliphatic rings. The van der Waals surface area contributed by atoms with Gasteiger partial charge in [0, 0.05) is 10.8 Å². The van der Waals surface area contributed by atoms with Gasteiger partial charge in [0.25, 0.3) is 0 Å². The average Bonchev–Trinajstić information content (AvgIpc) is 2.46. The lowest BCUT2D eigenvalue weighted by atomic mass is 10.2. The largest absolute Gasteiger partial charge is 0.150 e. The Labute approximate surface area is 85.0 Å². The van der Waals surface area contributed by atoms with Crippen LogP contribution in [0, 0.1) is 23.8 Å². The van der Waals surface area contributed by atoms with Gasteiger partial charge in [-0.15, -0.1) is 23.3 Å². The highest BCUT2D eigenvalue weighted by Crippen LogP contribution is 2.12. The van der Waals surface area contributed by atoms with Gasteiger partial charge in [0.2, 0.25) is 0 Å². The quantitative estimate of drug-likeness (QED) is 0.450. The van der Waals surface area contributed by atoms with Crippen LogP contribution in [0.5, 0.6) is 0 Å². The first-order valence-electron chi connectivity index (χ1n) is 4.09. The standard InChI is InChI=1S/C11H12SSi/c1-5-10-8-12-9-11(10)6-7-13(2,3)4/h1,8-9H,2-4H3. The van der Waals surface area contributed by atoms with Crippen molar-refractivity contribution in [1.29, 1.82) is 0 Å². The van der Waals surface area contributed by atoms with Crippen molar-refractivity contribution >= 4 is 19.4 Å². The van der Waals surface area contributed by atoms with E-state index in [0.29, 0.717) is 0 Å². The van der Waals surface area contributed by atoms with Crippen molar-refractivity contribution in [3.05, 3.63) is 21.9 Å². The Hall–Kier alpha value is -0.963. The Morgan fingerprint density at radius 2 is 1.85 bits per heavy atom. The maximum absolute atomic E-state index is 5.33. The van der Waals surface area contributed by atoms with Crippen LogP contribution < -0.4 is 0 Å². The molecule has 2 heteroatoms. The fourth-order valence-corrected chi connectivity index (χ4v) is 1.99. The molecule has 1 aromatic rings. The summed E-state index contributed by atoms with van der Waals surface area (Å²) in [6, 6.07) is 0. The molecule has 0 aromatic carbocycles. The van der Waals surface area contributed by atoms with Gasteiger partial charge in [0.05, 0.1) is 11.1 Å². The first kappa shape index (κ1) is 10.1. The van der Waals surface area contributed by atoms with Crippen molar-refractivity contribution in [3.8, 4) is 23.8 Å². The first-order chi connectivity index (χ1) is 6.03. The van der Waals surface area contributed by atoms with Crippen LogP contribution in [-0.4, -0.2) is 8.07 Å². The summed E-state index contributed by atoms with van der Waals surface area (Å²) in [5, 5.41) is 3.98. The SMILES string of the molecule is C#Cc1cscc1C#C[Si](C)(C)C. The van der Waals surface area contributed by atoms with E-state index in [1.54, 1.807) is 11.3 Å². The van der Waals surface area contributed by atoms with Gasteiger partial charge >= 0.3 is 0 Å². The Kier molecular flexibility index (Phi) is 2.98. The highest BCUT2D eigenvalue weighted by atomic mass is 32.1. The van der Waals surface area contributed by atoms with Gasteiger partial charge in [0.15, 0.2) is 0 Å². The number of hydrogen-bond donors (Lipinski definition) is 0. The lowest BCUT2D eigenvalue weighted by Crippen LogP contribution is -2.16. The minimum atomic E-state index is -1.27. The summed E-state index contributed by atoms with van der Waals surface area (Å²) in [7, 11) is -1.27. The Morgan fingerprint density at radius 1 is 1.23 bits per heavy atom. The molecular formula is C11H12SSi. The third-order valence-corrected chi connectivity index (χ3v) is 3.01. The molecule has 0 aliphatic heterocycles. The zero-order chi connectivity index (χ0) is 9.90. The van der Waals surface area contributed by atoms with E-state index in [1.165, 1.54) is 0 Å². The van der Waals surface area contributed by atoms with E-state index in [1.807, 2.05) is 10.8 Å². The summed E-state index contributed by atoms with van der Waals surface area (Å²) in [6.45, 7) is 6.67. The van der Waals surface area contributed by atoms with E-state index in [2.05, 4.69) is 37.0 Å². The average molecular weight is 204 g/mol. The van der Waals surface area contributed by atoms with Crippen molar-refractivity contribution in [2.45, 2.75) is 19.6 Å². The first-order valence-corrected chi connectivity index (χ1v) is 8.53. The lowest BCUT2D eigenvalue weighted by molar-refractivity contribution is 1.75. The van der Waals surface area contributed by atoms with Crippen molar-refractivity contribution in [2.75, 3.05) is 0 Å². The second-order valence-electron chi connectivity index (χ2n) is 3.84. The molecule has 0 bridgehead atoms. The molecule has 1 heterocycles. The van der Waals surface area contributed by atoms with Gasteiger partial charge in [0.1, 0.15) is 8.07 Å². The highest BCUT2D eigenvalue weighted by Gasteiger charge is 2.07. The van der Waals surface area contributed by atoms with Gasteiger partial charge < -0.3 is 0 Å². The Balaban J connectivity index is 2.97. The monoisotopic (exact) mass is 204 g/mol. The fraction of sp³-hybridized carbons (Fsp3) is 0.273. The van der Waals surface area contributed by atoms with Crippen LogP contribution in [0.2, 0.25) is 19.6 Å². The molecule has 0 saturated heterocycles. The maximum Gasteiger partial charge on any atom is 0.129 e. The molecule has 0 amide bonds. The van der Waals surface area contributed by atoms with Crippen LogP contribution in [0.4, 0.5) is 0 Å². The Morgan fingerprint density at radius 3 is 2.38 bits per heavy atom. The van der Waals surface area contributed by atoms with Gasteiger partial charge in [-0.3, -0.25) is 0 Å². The van der Waals surface area contributed by atoms with Crippen molar-refractivity contribution in [3.63, 3.8) is 0 Å². The molecule has 0 fully saturated rings. The molecule has 0 aliphatic carbocycles. The Bertz CT molecular complexity index is 390. The van der Waals surface area contributed by atoms with E-state index >= 15 is 0 Å². The van der Waals surface area contributed by atoms with Crippen molar-refractivity contribution in [2.24, 2.45) is 0 Å². The lowest BCUT2D eigenvalue weighted by Gasteiger charge is -2.02. The van der Waals surface area contributed by atoms with E-state index in [9.17, 15) is 0 Å². The second-order valence-corrected chi connectivity index (χ2v) is 9.34. The van der Waals surface area contributed by atoms with E-state index in [4.69, 9.17) is 6.42 Å². The fourth-order valence-electron chi connectivity index (χ4n) is 0.760. The van der Waals surface area contributed by atoms with Gasteiger partial charge in [-0.25, -0.2) is 0 Å². The third-order valence-electron chi connectivity index (χ3n) is 1.39. The van der Waals surface area contributed by atoms with Crippen LogP contribution in [0.15, 0.2) is 10.8 Å². The van der Waals surface area contributed by atoms with Crippen LogP contribution in [0.3, 0.4) is 0 Å². The van der Waals surface area contributed by atoms with Gasteiger partial charge in [-0.05, 0) is 0 Å².